The highest BCUT2D eigenvalue weighted by atomic mass is 32.2. The molecule has 94 valence electrons. The Kier molecular flexibility index (Phi) is 4.05. The van der Waals surface area contributed by atoms with Gasteiger partial charge in [0.15, 0.2) is 10.2 Å². The van der Waals surface area contributed by atoms with Gasteiger partial charge in [0, 0.05) is 6.42 Å². The Balaban J connectivity index is 2.28. The van der Waals surface area contributed by atoms with Crippen LogP contribution in [0.5, 0.6) is 0 Å². The summed E-state index contributed by atoms with van der Waals surface area (Å²) >= 11 is 2.58. The molecule has 0 fully saturated rings. The van der Waals surface area contributed by atoms with Crippen molar-refractivity contribution in [3.63, 3.8) is 0 Å². The average Bonchev–Trinajstić information content (AvgIpc) is 2.86. The molecule has 2 heterocycles. The van der Waals surface area contributed by atoms with Gasteiger partial charge in [0.05, 0.1) is 11.8 Å². The lowest BCUT2D eigenvalue weighted by Crippen LogP contribution is -2.15. The Morgan fingerprint density at radius 2 is 2.44 bits per heavy atom. The van der Waals surface area contributed by atoms with Gasteiger partial charge in [-0.25, -0.2) is 4.98 Å². The van der Waals surface area contributed by atoms with E-state index in [0.717, 1.165) is 16.6 Å². The molecular weight excluding hydrogens is 272 g/mol. The normalized spacial score (nSPS) is 11.7. The first kappa shape index (κ1) is 12.7. The van der Waals surface area contributed by atoms with Gasteiger partial charge in [-0.3, -0.25) is 0 Å². The number of amidine groups is 1. The molecule has 0 amide bonds. The second-order valence-electron chi connectivity index (χ2n) is 3.17. The highest BCUT2D eigenvalue weighted by Crippen LogP contribution is 2.29. The number of oxime groups is 1. The van der Waals surface area contributed by atoms with Crippen molar-refractivity contribution in [2.75, 3.05) is 0 Å². The van der Waals surface area contributed by atoms with Crippen molar-refractivity contribution in [3.8, 4) is 0 Å². The molecule has 0 aromatic carbocycles. The molecule has 0 unspecified atom stereocenters. The molecule has 0 bridgehead atoms. The maximum Gasteiger partial charge on any atom is 0.176 e. The van der Waals surface area contributed by atoms with Gasteiger partial charge in [-0.15, -0.1) is 5.10 Å². The Morgan fingerprint density at radius 1 is 1.61 bits per heavy atom. The number of hydrogen-bond acceptors (Lipinski definition) is 8. The summed E-state index contributed by atoms with van der Waals surface area (Å²) in [4.78, 5) is 4.31. The molecule has 2 aromatic rings. The summed E-state index contributed by atoms with van der Waals surface area (Å²) in [6.07, 6.45) is 2.26. The fraction of sp³-hybridized carbons (Fsp3) is 0.222. The van der Waals surface area contributed by atoms with Gasteiger partial charge in [-0.1, -0.05) is 12.1 Å². The number of aromatic nitrogens is 4. The molecule has 0 saturated carbocycles. The van der Waals surface area contributed by atoms with Crippen LogP contribution in [-0.2, 0) is 6.42 Å². The smallest absolute Gasteiger partial charge is 0.176 e. The Morgan fingerprint density at radius 3 is 3.11 bits per heavy atom. The Hall–Kier alpha value is -1.74. The van der Waals surface area contributed by atoms with Crippen molar-refractivity contribution in [2.24, 2.45) is 10.9 Å². The van der Waals surface area contributed by atoms with E-state index < -0.39 is 0 Å². The number of aryl methyl sites for hydroxylation is 1. The fourth-order valence-corrected chi connectivity index (χ4v) is 2.83. The first-order valence-corrected chi connectivity index (χ1v) is 6.63. The summed E-state index contributed by atoms with van der Waals surface area (Å²) < 4.78 is 4.93. The summed E-state index contributed by atoms with van der Waals surface area (Å²) in [5.41, 5.74) is 6.09. The zero-order valence-corrected chi connectivity index (χ0v) is 11.1. The van der Waals surface area contributed by atoms with Crippen LogP contribution in [0.2, 0.25) is 0 Å². The Labute approximate surface area is 111 Å². The monoisotopic (exact) mass is 282 g/mol. The van der Waals surface area contributed by atoms with E-state index in [1.165, 1.54) is 29.5 Å². The van der Waals surface area contributed by atoms with E-state index >= 15 is 0 Å². The summed E-state index contributed by atoms with van der Waals surface area (Å²) in [5.74, 6) is 0.782. The standard InChI is InChI=1S/C9H10N6OS2/c1-2-6-12-9(18-15-6)17-8-5(7(10)14-16)3-4-11-13-8/h3-4,16H,2H2,1H3,(H2,10,14). The molecule has 0 spiro atoms. The van der Waals surface area contributed by atoms with E-state index in [1.807, 2.05) is 6.92 Å². The lowest BCUT2D eigenvalue weighted by molar-refractivity contribution is 0.318. The zero-order valence-electron chi connectivity index (χ0n) is 9.44. The SMILES string of the molecule is CCc1nsc(Sc2nnccc2/C(N)=N/O)n1. The fourth-order valence-electron chi connectivity index (χ4n) is 1.15. The van der Waals surface area contributed by atoms with Gasteiger partial charge >= 0.3 is 0 Å². The largest absolute Gasteiger partial charge is 0.409 e. The van der Waals surface area contributed by atoms with Gasteiger partial charge < -0.3 is 10.9 Å². The van der Waals surface area contributed by atoms with Gasteiger partial charge in [-0.05, 0) is 29.4 Å². The number of rotatable bonds is 4. The zero-order chi connectivity index (χ0) is 13.0. The molecule has 0 saturated heterocycles. The summed E-state index contributed by atoms with van der Waals surface area (Å²) in [6, 6.07) is 1.63. The van der Waals surface area contributed by atoms with E-state index in [0.29, 0.717) is 10.6 Å². The van der Waals surface area contributed by atoms with Crippen molar-refractivity contribution in [1.82, 2.24) is 19.6 Å². The minimum absolute atomic E-state index is 0.00682. The molecule has 0 aliphatic carbocycles. The van der Waals surface area contributed by atoms with Gasteiger partial charge in [0.2, 0.25) is 0 Å². The van der Waals surface area contributed by atoms with E-state index in [2.05, 4.69) is 24.7 Å². The summed E-state index contributed by atoms with van der Waals surface area (Å²) in [6.45, 7) is 1.99. The van der Waals surface area contributed by atoms with Crippen LogP contribution in [-0.4, -0.2) is 30.6 Å². The molecular formula is C9H10N6OS2. The van der Waals surface area contributed by atoms with Crippen LogP contribution in [0.3, 0.4) is 0 Å². The number of nitrogens with two attached hydrogens (primary N) is 1. The topological polar surface area (TPSA) is 110 Å². The van der Waals surface area contributed by atoms with Gasteiger partial charge in [0.1, 0.15) is 10.9 Å². The van der Waals surface area contributed by atoms with E-state index in [9.17, 15) is 0 Å². The maximum atomic E-state index is 8.70. The van der Waals surface area contributed by atoms with Crippen molar-refractivity contribution in [1.29, 1.82) is 0 Å². The van der Waals surface area contributed by atoms with Crippen molar-refractivity contribution in [2.45, 2.75) is 22.7 Å². The second-order valence-corrected chi connectivity index (χ2v) is 5.16. The minimum Gasteiger partial charge on any atom is -0.409 e. The molecule has 7 nitrogen and oxygen atoms in total. The van der Waals surface area contributed by atoms with Crippen LogP contribution in [0.15, 0.2) is 26.8 Å². The summed E-state index contributed by atoms with van der Waals surface area (Å²) in [7, 11) is 0. The van der Waals surface area contributed by atoms with Crippen molar-refractivity contribution in [3.05, 3.63) is 23.7 Å². The van der Waals surface area contributed by atoms with Crippen molar-refractivity contribution >= 4 is 29.1 Å². The molecule has 9 heteroatoms. The van der Waals surface area contributed by atoms with Crippen LogP contribution < -0.4 is 5.73 Å². The van der Waals surface area contributed by atoms with Crippen LogP contribution in [0.25, 0.3) is 0 Å². The van der Waals surface area contributed by atoms with Crippen LogP contribution in [0, 0.1) is 0 Å². The van der Waals surface area contributed by atoms with E-state index in [-0.39, 0.29) is 5.84 Å². The first-order valence-electron chi connectivity index (χ1n) is 5.04. The third kappa shape index (κ3) is 2.74. The summed E-state index contributed by atoms with van der Waals surface area (Å²) in [5, 5.41) is 19.9. The molecule has 0 aliphatic heterocycles. The van der Waals surface area contributed by atoms with Crippen LogP contribution >= 0.6 is 23.3 Å². The molecule has 2 rings (SSSR count). The maximum absolute atomic E-state index is 8.70. The van der Waals surface area contributed by atoms with Crippen molar-refractivity contribution < 1.29 is 5.21 Å². The molecule has 2 aromatic heterocycles. The second kappa shape index (κ2) is 5.74. The predicted molar refractivity (Wildman–Crippen MR) is 68.0 cm³/mol. The van der Waals surface area contributed by atoms with Crippen LogP contribution in [0.4, 0.5) is 0 Å². The molecule has 3 N–H and O–H groups in total. The Bertz CT molecular complexity index is 570. The molecule has 18 heavy (non-hydrogen) atoms. The predicted octanol–water partition coefficient (Wildman–Crippen LogP) is 1.14. The average molecular weight is 282 g/mol. The lowest BCUT2D eigenvalue weighted by Gasteiger charge is -2.02. The molecule has 0 radical (unpaired) electrons. The van der Waals surface area contributed by atoms with Crippen LogP contribution in [0.1, 0.15) is 18.3 Å². The quantitative estimate of drug-likeness (QED) is 0.374. The highest BCUT2D eigenvalue weighted by Gasteiger charge is 2.13. The van der Waals surface area contributed by atoms with Gasteiger partial charge in [0.25, 0.3) is 0 Å². The number of nitrogens with zero attached hydrogens (tertiary/aromatic N) is 5. The van der Waals surface area contributed by atoms with E-state index in [1.54, 1.807) is 6.07 Å². The minimum atomic E-state index is -0.00682. The van der Waals surface area contributed by atoms with Gasteiger partial charge in [-0.2, -0.15) is 9.47 Å². The third-order valence-corrected chi connectivity index (χ3v) is 3.80. The highest BCUT2D eigenvalue weighted by molar-refractivity contribution is 8.01. The lowest BCUT2D eigenvalue weighted by atomic mass is 10.3. The first-order chi connectivity index (χ1) is 8.74. The number of hydrogen-bond donors (Lipinski definition) is 2. The van der Waals surface area contributed by atoms with E-state index in [4.69, 9.17) is 10.9 Å². The molecule has 0 atom stereocenters. The molecule has 0 aliphatic rings. The third-order valence-electron chi connectivity index (χ3n) is 2.02.